The van der Waals surface area contributed by atoms with Gasteiger partial charge < -0.3 is 10.2 Å². The van der Waals surface area contributed by atoms with Gasteiger partial charge in [-0.2, -0.15) is 9.62 Å². The van der Waals surface area contributed by atoms with Crippen molar-refractivity contribution in [1.29, 1.82) is 0 Å². The number of anilines is 1. The normalized spacial score (nSPS) is 11.2. The second kappa shape index (κ2) is 6.52. The summed E-state index contributed by atoms with van der Waals surface area (Å²) >= 11 is 0. The van der Waals surface area contributed by atoms with Crippen LogP contribution in [-0.4, -0.2) is 36.2 Å². The van der Waals surface area contributed by atoms with E-state index in [0.717, 1.165) is 5.56 Å². The third-order valence-electron chi connectivity index (χ3n) is 3.69. The number of benzene rings is 2. The molecule has 26 heavy (non-hydrogen) atoms. The molecule has 0 bridgehead atoms. The first-order valence-corrected chi connectivity index (χ1v) is 7.80. The standard InChI is InChI=1S/C18H14N6O2/c25-14-7-6-13(15(26)10-14)11-19-20-16-8-9-17-21-22-18(24(17)23-16)12-4-2-1-3-5-12/h1-11,25-26H,(H,20,23). The third kappa shape index (κ3) is 3.03. The lowest BCUT2D eigenvalue weighted by molar-refractivity contribution is 0.450. The molecule has 8 nitrogen and oxygen atoms in total. The lowest BCUT2D eigenvalue weighted by Gasteiger charge is -2.03. The van der Waals surface area contributed by atoms with Gasteiger partial charge in [-0.25, -0.2) is 0 Å². The highest BCUT2D eigenvalue weighted by Crippen LogP contribution is 2.21. The van der Waals surface area contributed by atoms with Crippen LogP contribution >= 0.6 is 0 Å². The predicted octanol–water partition coefficient (Wildman–Crippen LogP) is 2.65. The molecule has 3 N–H and O–H groups in total. The largest absolute Gasteiger partial charge is 0.508 e. The van der Waals surface area contributed by atoms with E-state index in [-0.39, 0.29) is 11.5 Å². The number of hydrogen-bond donors (Lipinski definition) is 3. The second-order valence-electron chi connectivity index (χ2n) is 5.49. The molecule has 4 rings (SSSR count). The van der Waals surface area contributed by atoms with Crippen LogP contribution in [-0.2, 0) is 0 Å². The number of hydrogen-bond acceptors (Lipinski definition) is 7. The van der Waals surface area contributed by atoms with Crippen molar-refractivity contribution in [3.05, 3.63) is 66.2 Å². The fourth-order valence-electron chi connectivity index (χ4n) is 2.42. The minimum Gasteiger partial charge on any atom is -0.508 e. The summed E-state index contributed by atoms with van der Waals surface area (Å²) in [6.45, 7) is 0. The Balaban J connectivity index is 1.60. The number of fused-ring (bicyclic) bond motifs is 1. The van der Waals surface area contributed by atoms with Gasteiger partial charge in [0.2, 0.25) is 0 Å². The lowest BCUT2D eigenvalue weighted by Crippen LogP contribution is -2.00. The van der Waals surface area contributed by atoms with E-state index in [1.807, 2.05) is 30.3 Å². The fraction of sp³-hybridized carbons (Fsp3) is 0. The summed E-state index contributed by atoms with van der Waals surface area (Å²) in [4.78, 5) is 0. The molecule has 0 spiro atoms. The van der Waals surface area contributed by atoms with Crippen molar-refractivity contribution in [3.8, 4) is 22.9 Å². The van der Waals surface area contributed by atoms with Crippen molar-refractivity contribution in [2.45, 2.75) is 0 Å². The molecule has 0 aliphatic heterocycles. The third-order valence-corrected chi connectivity index (χ3v) is 3.69. The number of aromatic nitrogens is 4. The number of nitrogens with zero attached hydrogens (tertiary/aromatic N) is 5. The van der Waals surface area contributed by atoms with E-state index in [2.05, 4.69) is 25.8 Å². The number of aromatic hydroxyl groups is 2. The Morgan fingerprint density at radius 1 is 0.962 bits per heavy atom. The maximum atomic E-state index is 9.75. The quantitative estimate of drug-likeness (QED) is 0.387. The van der Waals surface area contributed by atoms with Gasteiger partial charge in [0.25, 0.3) is 0 Å². The van der Waals surface area contributed by atoms with Gasteiger partial charge in [0.1, 0.15) is 11.5 Å². The molecule has 8 heteroatoms. The van der Waals surface area contributed by atoms with E-state index >= 15 is 0 Å². The summed E-state index contributed by atoms with van der Waals surface area (Å²) < 4.78 is 1.63. The fourth-order valence-corrected chi connectivity index (χ4v) is 2.42. The molecular formula is C18H14N6O2. The van der Waals surface area contributed by atoms with E-state index in [0.29, 0.717) is 22.9 Å². The van der Waals surface area contributed by atoms with Gasteiger partial charge in [-0.05, 0) is 24.3 Å². The van der Waals surface area contributed by atoms with Crippen molar-refractivity contribution in [2.24, 2.45) is 5.10 Å². The molecule has 0 fully saturated rings. The molecule has 2 aromatic heterocycles. The molecule has 0 aliphatic rings. The number of phenols is 2. The smallest absolute Gasteiger partial charge is 0.185 e. The molecule has 0 aliphatic carbocycles. The molecule has 2 aromatic carbocycles. The molecule has 2 heterocycles. The maximum Gasteiger partial charge on any atom is 0.185 e. The first-order valence-electron chi connectivity index (χ1n) is 7.80. The summed E-state index contributed by atoms with van der Waals surface area (Å²) in [7, 11) is 0. The van der Waals surface area contributed by atoms with Gasteiger partial charge in [0, 0.05) is 17.2 Å². The van der Waals surface area contributed by atoms with Gasteiger partial charge in [0.05, 0.1) is 6.21 Å². The Morgan fingerprint density at radius 3 is 2.62 bits per heavy atom. The zero-order chi connectivity index (χ0) is 17.9. The number of rotatable bonds is 4. The number of nitrogens with one attached hydrogen (secondary N) is 1. The molecule has 4 aromatic rings. The Labute approximate surface area is 148 Å². The van der Waals surface area contributed by atoms with Crippen molar-refractivity contribution in [1.82, 2.24) is 19.8 Å². The highest BCUT2D eigenvalue weighted by atomic mass is 16.3. The van der Waals surface area contributed by atoms with Crippen LogP contribution in [0.2, 0.25) is 0 Å². The minimum absolute atomic E-state index is 0.0132. The van der Waals surface area contributed by atoms with Crippen LogP contribution in [0.4, 0.5) is 5.82 Å². The zero-order valence-corrected chi connectivity index (χ0v) is 13.5. The lowest BCUT2D eigenvalue weighted by atomic mass is 10.2. The van der Waals surface area contributed by atoms with Gasteiger partial charge in [-0.15, -0.1) is 15.3 Å². The Kier molecular flexibility index (Phi) is 3.91. The van der Waals surface area contributed by atoms with Gasteiger partial charge >= 0.3 is 0 Å². The van der Waals surface area contributed by atoms with E-state index in [1.165, 1.54) is 18.3 Å². The van der Waals surface area contributed by atoms with Crippen molar-refractivity contribution >= 4 is 17.7 Å². The summed E-state index contributed by atoms with van der Waals surface area (Å²) in [5.41, 5.74) is 4.79. The Morgan fingerprint density at radius 2 is 1.81 bits per heavy atom. The van der Waals surface area contributed by atoms with E-state index < -0.39 is 0 Å². The molecule has 0 saturated heterocycles. The molecule has 0 saturated carbocycles. The molecule has 0 amide bonds. The minimum atomic E-state index is -0.0656. The highest BCUT2D eigenvalue weighted by molar-refractivity contribution is 5.84. The average molecular weight is 346 g/mol. The van der Waals surface area contributed by atoms with E-state index in [1.54, 1.807) is 22.7 Å². The topological polar surface area (TPSA) is 108 Å². The average Bonchev–Trinajstić information content (AvgIpc) is 3.07. The monoisotopic (exact) mass is 346 g/mol. The van der Waals surface area contributed by atoms with Gasteiger partial charge in [0.15, 0.2) is 17.3 Å². The number of phenolic OH excluding ortho intramolecular Hbond substituents is 2. The van der Waals surface area contributed by atoms with Crippen LogP contribution in [0.1, 0.15) is 5.56 Å². The van der Waals surface area contributed by atoms with Crippen LogP contribution in [0.5, 0.6) is 11.5 Å². The Hall–Kier alpha value is -3.94. The first-order chi connectivity index (χ1) is 12.7. The predicted molar refractivity (Wildman–Crippen MR) is 97.2 cm³/mol. The second-order valence-corrected chi connectivity index (χ2v) is 5.49. The molecule has 0 unspecified atom stereocenters. The summed E-state index contributed by atoms with van der Waals surface area (Å²) in [5, 5.41) is 35.8. The first kappa shape index (κ1) is 15.6. The van der Waals surface area contributed by atoms with Crippen LogP contribution in [0.3, 0.4) is 0 Å². The zero-order valence-electron chi connectivity index (χ0n) is 13.5. The van der Waals surface area contributed by atoms with Crippen LogP contribution < -0.4 is 5.43 Å². The number of hydrazone groups is 1. The van der Waals surface area contributed by atoms with Crippen molar-refractivity contribution in [2.75, 3.05) is 5.43 Å². The van der Waals surface area contributed by atoms with E-state index in [9.17, 15) is 10.2 Å². The van der Waals surface area contributed by atoms with Crippen LogP contribution in [0.15, 0.2) is 65.8 Å². The van der Waals surface area contributed by atoms with Crippen LogP contribution in [0, 0.1) is 0 Å². The van der Waals surface area contributed by atoms with Gasteiger partial charge in [-0.3, -0.25) is 5.43 Å². The SMILES string of the molecule is Oc1ccc(C=NNc2ccc3nnc(-c4ccccc4)n3n2)c(O)c1. The molecular weight excluding hydrogens is 332 g/mol. The summed E-state index contributed by atoms with van der Waals surface area (Å²) in [6.07, 6.45) is 1.44. The van der Waals surface area contributed by atoms with Gasteiger partial charge in [-0.1, -0.05) is 30.3 Å². The van der Waals surface area contributed by atoms with E-state index in [4.69, 9.17) is 0 Å². The molecule has 128 valence electrons. The highest BCUT2D eigenvalue weighted by Gasteiger charge is 2.09. The molecule has 0 atom stereocenters. The Bertz CT molecular complexity index is 1090. The van der Waals surface area contributed by atoms with Crippen molar-refractivity contribution in [3.63, 3.8) is 0 Å². The molecule has 0 radical (unpaired) electrons. The van der Waals surface area contributed by atoms with Crippen LogP contribution in [0.25, 0.3) is 17.0 Å². The van der Waals surface area contributed by atoms with Crippen molar-refractivity contribution < 1.29 is 10.2 Å². The summed E-state index contributed by atoms with van der Waals surface area (Å²) in [6, 6.07) is 17.4. The maximum absolute atomic E-state index is 9.75. The summed E-state index contributed by atoms with van der Waals surface area (Å²) in [5.74, 6) is 1.04.